The summed E-state index contributed by atoms with van der Waals surface area (Å²) in [5.74, 6) is 7.57. The van der Waals surface area contributed by atoms with E-state index < -0.39 is 4.92 Å². The van der Waals surface area contributed by atoms with Crippen LogP contribution in [0.15, 0.2) is 24.3 Å². The number of hydrogen-bond donors (Lipinski definition) is 0. The summed E-state index contributed by atoms with van der Waals surface area (Å²) >= 11 is 0. The number of rotatable bonds is 6. The molecule has 8 nitrogen and oxygen atoms in total. The third-order valence-electron chi connectivity index (χ3n) is 3.70. The van der Waals surface area contributed by atoms with E-state index in [9.17, 15) is 10.1 Å². The lowest BCUT2D eigenvalue weighted by atomic mass is 10.1. The average molecular weight is 373 g/mol. The van der Waals surface area contributed by atoms with Gasteiger partial charge in [-0.15, -0.1) is 0 Å². The van der Waals surface area contributed by atoms with Gasteiger partial charge in [-0.25, -0.2) is 0 Å². The molecular weight excluding hydrogens is 354 g/mol. The number of benzene rings is 2. The van der Waals surface area contributed by atoms with Gasteiger partial charge in [-0.1, -0.05) is 11.8 Å². The molecule has 0 saturated carbocycles. The molecule has 0 aromatic heterocycles. The summed E-state index contributed by atoms with van der Waals surface area (Å²) < 4.78 is 26.1. The molecular formula is C19H19NO7. The van der Waals surface area contributed by atoms with E-state index in [4.69, 9.17) is 23.7 Å². The summed E-state index contributed by atoms with van der Waals surface area (Å²) in [6.07, 6.45) is 0. The number of nitro groups is 1. The Labute approximate surface area is 156 Å². The van der Waals surface area contributed by atoms with E-state index in [0.717, 1.165) is 0 Å². The Morgan fingerprint density at radius 3 is 1.70 bits per heavy atom. The third kappa shape index (κ3) is 4.15. The summed E-state index contributed by atoms with van der Waals surface area (Å²) in [4.78, 5) is 10.8. The van der Waals surface area contributed by atoms with Crippen molar-refractivity contribution in [3.8, 4) is 40.6 Å². The van der Waals surface area contributed by atoms with Crippen molar-refractivity contribution in [2.75, 3.05) is 35.5 Å². The molecule has 27 heavy (non-hydrogen) atoms. The van der Waals surface area contributed by atoms with Gasteiger partial charge in [-0.3, -0.25) is 10.1 Å². The fraction of sp³-hybridized carbons (Fsp3) is 0.263. The van der Waals surface area contributed by atoms with E-state index in [-0.39, 0.29) is 17.0 Å². The number of ether oxygens (including phenoxy) is 5. The molecule has 0 aliphatic carbocycles. The van der Waals surface area contributed by atoms with Crippen molar-refractivity contribution < 1.29 is 28.6 Å². The third-order valence-corrected chi connectivity index (χ3v) is 3.70. The topological polar surface area (TPSA) is 89.3 Å². The van der Waals surface area contributed by atoms with E-state index in [0.29, 0.717) is 28.6 Å². The van der Waals surface area contributed by atoms with Crippen LogP contribution in [-0.4, -0.2) is 40.5 Å². The molecule has 142 valence electrons. The van der Waals surface area contributed by atoms with E-state index in [1.54, 1.807) is 12.1 Å². The summed E-state index contributed by atoms with van der Waals surface area (Å²) in [6, 6.07) is 6.04. The summed E-state index contributed by atoms with van der Waals surface area (Å²) in [5, 5.41) is 11.4. The molecule has 0 aliphatic heterocycles. The lowest BCUT2D eigenvalue weighted by molar-refractivity contribution is -0.385. The highest BCUT2D eigenvalue weighted by atomic mass is 16.6. The normalized spacial score (nSPS) is 9.67. The van der Waals surface area contributed by atoms with Crippen LogP contribution in [0.25, 0.3) is 0 Å². The molecule has 2 rings (SSSR count). The van der Waals surface area contributed by atoms with Gasteiger partial charge in [-0.2, -0.15) is 0 Å². The van der Waals surface area contributed by atoms with Crippen LogP contribution in [-0.2, 0) is 0 Å². The predicted octanol–water partition coefficient (Wildman–Crippen LogP) is 3.04. The monoisotopic (exact) mass is 373 g/mol. The zero-order valence-electron chi connectivity index (χ0n) is 15.6. The van der Waals surface area contributed by atoms with E-state index in [2.05, 4.69) is 11.8 Å². The Morgan fingerprint density at radius 1 is 0.741 bits per heavy atom. The SMILES string of the molecule is COc1cc(C#Cc2cc(OC)c(OC)c(OC)c2)c([N+](=O)[O-])cc1OC. The second-order valence-corrected chi connectivity index (χ2v) is 5.15. The summed E-state index contributed by atoms with van der Waals surface area (Å²) in [7, 11) is 7.34. The Morgan fingerprint density at radius 2 is 1.26 bits per heavy atom. The first-order valence-electron chi connectivity index (χ1n) is 7.71. The molecule has 0 N–H and O–H groups in total. The molecule has 0 bridgehead atoms. The average Bonchev–Trinajstić information content (AvgIpc) is 2.70. The van der Waals surface area contributed by atoms with Crippen LogP contribution in [0.5, 0.6) is 28.7 Å². The van der Waals surface area contributed by atoms with Crippen molar-refractivity contribution >= 4 is 5.69 Å². The van der Waals surface area contributed by atoms with Crippen molar-refractivity contribution in [1.82, 2.24) is 0 Å². The Kier molecular flexibility index (Phi) is 6.33. The highest BCUT2D eigenvalue weighted by molar-refractivity contribution is 5.63. The maximum Gasteiger partial charge on any atom is 0.288 e. The van der Waals surface area contributed by atoms with Crippen LogP contribution < -0.4 is 23.7 Å². The maximum atomic E-state index is 11.4. The van der Waals surface area contributed by atoms with Crippen molar-refractivity contribution in [3.63, 3.8) is 0 Å². The zero-order valence-corrected chi connectivity index (χ0v) is 15.6. The van der Waals surface area contributed by atoms with Gasteiger partial charge in [0, 0.05) is 11.6 Å². The van der Waals surface area contributed by atoms with Gasteiger partial charge in [0.2, 0.25) is 5.75 Å². The number of nitro benzene ring substituents is 1. The first kappa shape index (κ1) is 19.7. The number of hydrogen-bond acceptors (Lipinski definition) is 7. The molecule has 0 aliphatic rings. The lowest BCUT2D eigenvalue weighted by Gasteiger charge is -2.12. The van der Waals surface area contributed by atoms with Crippen LogP contribution in [0.3, 0.4) is 0 Å². The van der Waals surface area contributed by atoms with Gasteiger partial charge in [-0.05, 0) is 12.1 Å². The van der Waals surface area contributed by atoms with E-state index >= 15 is 0 Å². The van der Waals surface area contributed by atoms with Crippen LogP contribution in [0, 0.1) is 22.0 Å². The minimum absolute atomic E-state index is 0.186. The van der Waals surface area contributed by atoms with Gasteiger partial charge in [0.05, 0.1) is 46.5 Å². The first-order chi connectivity index (χ1) is 13.0. The molecule has 0 heterocycles. The number of nitrogens with zero attached hydrogens (tertiary/aromatic N) is 1. The standard InChI is InChI=1S/C19H19NO7/c1-23-15-10-13(14(20(21)22)11-16(15)24-2)7-6-12-8-17(25-3)19(27-5)18(9-12)26-4/h8-11H,1-5H3. The fourth-order valence-electron chi connectivity index (χ4n) is 2.41. The largest absolute Gasteiger partial charge is 0.493 e. The predicted molar refractivity (Wildman–Crippen MR) is 98.3 cm³/mol. The molecule has 0 atom stereocenters. The van der Waals surface area contributed by atoms with E-state index in [1.165, 1.54) is 47.7 Å². The molecule has 0 radical (unpaired) electrons. The van der Waals surface area contributed by atoms with Crippen LogP contribution in [0.4, 0.5) is 5.69 Å². The Bertz CT molecular complexity index is 887. The van der Waals surface area contributed by atoms with Gasteiger partial charge in [0.25, 0.3) is 5.69 Å². The molecule has 0 unspecified atom stereocenters. The molecule has 0 fully saturated rings. The molecule has 0 amide bonds. The fourth-order valence-corrected chi connectivity index (χ4v) is 2.41. The van der Waals surface area contributed by atoms with Crippen molar-refractivity contribution in [3.05, 3.63) is 45.5 Å². The van der Waals surface area contributed by atoms with Crippen LogP contribution >= 0.6 is 0 Å². The maximum absolute atomic E-state index is 11.4. The molecule has 2 aromatic carbocycles. The smallest absolute Gasteiger partial charge is 0.288 e. The minimum atomic E-state index is -0.527. The Hall–Kier alpha value is -3.60. The van der Waals surface area contributed by atoms with Crippen molar-refractivity contribution in [2.24, 2.45) is 0 Å². The second kappa shape index (κ2) is 8.67. The van der Waals surface area contributed by atoms with Gasteiger partial charge < -0.3 is 23.7 Å². The Balaban J connectivity index is 2.58. The highest BCUT2D eigenvalue weighted by Gasteiger charge is 2.18. The molecule has 2 aromatic rings. The van der Waals surface area contributed by atoms with Crippen LogP contribution in [0.1, 0.15) is 11.1 Å². The van der Waals surface area contributed by atoms with Gasteiger partial charge >= 0.3 is 0 Å². The van der Waals surface area contributed by atoms with Gasteiger partial charge in [0.1, 0.15) is 5.56 Å². The van der Waals surface area contributed by atoms with Crippen molar-refractivity contribution in [2.45, 2.75) is 0 Å². The van der Waals surface area contributed by atoms with E-state index in [1.807, 2.05) is 0 Å². The van der Waals surface area contributed by atoms with Crippen molar-refractivity contribution in [1.29, 1.82) is 0 Å². The first-order valence-corrected chi connectivity index (χ1v) is 7.71. The number of methoxy groups -OCH3 is 5. The zero-order chi connectivity index (χ0) is 20.0. The summed E-state index contributed by atoms with van der Waals surface area (Å²) in [5.41, 5.74) is 0.535. The molecule has 0 saturated heterocycles. The minimum Gasteiger partial charge on any atom is -0.493 e. The molecule has 8 heteroatoms. The van der Waals surface area contributed by atoms with Gasteiger partial charge in [0.15, 0.2) is 23.0 Å². The highest BCUT2D eigenvalue weighted by Crippen LogP contribution is 2.38. The van der Waals surface area contributed by atoms with Crippen LogP contribution in [0.2, 0.25) is 0 Å². The summed E-state index contributed by atoms with van der Waals surface area (Å²) in [6.45, 7) is 0. The lowest BCUT2D eigenvalue weighted by Crippen LogP contribution is -1.97. The second-order valence-electron chi connectivity index (χ2n) is 5.15. The quantitative estimate of drug-likeness (QED) is 0.437. The molecule has 0 spiro atoms.